The summed E-state index contributed by atoms with van der Waals surface area (Å²) in [5.74, 6) is -0.351. The van der Waals surface area contributed by atoms with Gasteiger partial charge in [-0.3, -0.25) is 0 Å². The van der Waals surface area contributed by atoms with Gasteiger partial charge in [0.2, 0.25) is 0 Å². The van der Waals surface area contributed by atoms with E-state index in [4.69, 9.17) is 5.73 Å². The molecule has 0 aromatic heterocycles. The van der Waals surface area contributed by atoms with Crippen LogP contribution in [0.2, 0.25) is 0 Å². The normalized spacial score (nSPS) is 25.3. The lowest BCUT2D eigenvalue weighted by Crippen LogP contribution is -2.32. The van der Waals surface area contributed by atoms with Gasteiger partial charge in [-0.2, -0.15) is 0 Å². The van der Waals surface area contributed by atoms with Crippen LogP contribution in [-0.4, -0.2) is 17.3 Å². The summed E-state index contributed by atoms with van der Waals surface area (Å²) in [5.41, 5.74) is 6.63. The second kappa shape index (κ2) is 5.36. The number of rotatable bonds is 2. The van der Waals surface area contributed by atoms with Gasteiger partial charge in [0.25, 0.3) is 0 Å². The van der Waals surface area contributed by atoms with Gasteiger partial charge >= 0.3 is 0 Å². The summed E-state index contributed by atoms with van der Waals surface area (Å²) >= 11 is 0. The Bertz CT molecular complexity index is 363. The molecule has 0 aliphatic heterocycles. The summed E-state index contributed by atoms with van der Waals surface area (Å²) in [7, 11) is 0. The van der Waals surface area contributed by atoms with Gasteiger partial charge in [-0.05, 0) is 31.0 Å². The van der Waals surface area contributed by atoms with Crippen LogP contribution in [0, 0.1) is 5.82 Å². The van der Waals surface area contributed by atoms with Gasteiger partial charge in [-0.15, -0.1) is 0 Å². The van der Waals surface area contributed by atoms with Crippen molar-refractivity contribution in [3.63, 3.8) is 0 Å². The van der Waals surface area contributed by atoms with Gasteiger partial charge in [0, 0.05) is 11.4 Å². The minimum atomic E-state index is -0.359. The molecule has 94 valence electrons. The minimum Gasteiger partial charge on any atom is -0.399 e. The number of nitrogens with two attached hydrogens (primary N) is 1. The molecule has 3 nitrogen and oxygen atoms in total. The molecule has 0 radical (unpaired) electrons. The molecule has 1 aliphatic rings. The fraction of sp³-hybridized carbons (Fsp3) is 0.538. The summed E-state index contributed by atoms with van der Waals surface area (Å²) < 4.78 is 13.2. The third-order valence-corrected chi connectivity index (χ3v) is 3.25. The number of nitrogens with one attached hydrogen (secondary N) is 1. The first-order chi connectivity index (χ1) is 8.15. The van der Waals surface area contributed by atoms with E-state index in [1.54, 1.807) is 6.07 Å². The molecule has 1 aliphatic carbocycles. The molecule has 17 heavy (non-hydrogen) atoms. The van der Waals surface area contributed by atoms with Crippen LogP contribution < -0.4 is 11.1 Å². The highest BCUT2D eigenvalue weighted by Gasteiger charge is 2.21. The van der Waals surface area contributed by atoms with Crippen molar-refractivity contribution < 1.29 is 9.50 Å². The Morgan fingerprint density at radius 1 is 1.18 bits per heavy atom. The van der Waals surface area contributed by atoms with Crippen LogP contribution in [-0.2, 0) is 0 Å². The van der Waals surface area contributed by atoms with Gasteiger partial charge in [0.1, 0.15) is 5.82 Å². The fourth-order valence-corrected chi connectivity index (χ4v) is 2.37. The predicted molar refractivity (Wildman–Crippen MR) is 67.3 cm³/mol. The lowest BCUT2D eigenvalue weighted by molar-refractivity contribution is 0.144. The third kappa shape index (κ3) is 3.33. The topological polar surface area (TPSA) is 58.3 Å². The van der Waals surface area contributed by atoms with Gasteiger partial charge in [-0.25, -0.2) is 4.39 Å². The molecule has 1 aromatic carbocycles. The Balaban J connectivity index is 2.07. The summed E-state index contributed by atoms with van der Waals surface area (Å²) in [6, 6.07) is 4.39. The maximum atomic E-state index is 13.2. The standard InChI is InChI=1S/C13H19FN2O/c14-9-6-10(15)8-11(7-9)16-12-4-2-1-3-5-13(12)17/h6-8,12-13,16-17H,1-5,15H2. The van der Waals surface area contributed by atoms with Gasteiger partial charge in [-0.1, -0.05) is 19.3 Å². The number of aliphatic hydroxyl groups excluding tert-OH is 1. The van der Waals surface area contributed by atoms with Crippen molar-refractivity contribution >= 4 is 11.4 Å². The number of aliphatic hydroxyl groups is 1. The number of nitrogen functional groups attached to an aromatic ring is 1. The van der Waals surface area contributed by atoms with E-state index in [0.717, 1.165) is 32.1 Å². The molecule has 1 saturated carbocycles. The third-order valence-electron chi connectivity index (χ3n) is 3.25. The molecule has 0 heterocycles. The Morgan fingerprint density at radius 2 is 1.94 bits per heavy atom. The summed E-state index contributed by atoms with van der Waals surface area (Å²) in [4.78, 5) is 0. The SMILES string of the molecule is Nc1cc(F)cc(NC2CCCCCC2O)c1. The average Bonchev–Trinajstić information content (AvgIpc) is 2.43. The first-order valence-corrected chi connectivity index (χ1v) is 6.16. The van der Waals surface area contributed by atoms with Crippen molar-refractivity contribution in [1.82, 2.24) is 0 Å². The number of anilines is 2. The summed E-state index contributed by atoms with van der Waals surface area (Å²) in [6.07, 6.45) is 4.67. The average molecular weight is 238 g/mol. The number of halogens is 1. The molecule has 1 aromatic rings. The fourth-order valence-electron chi connectivity index (χ4n) is 2.37. The van der Waals surface area contributed by atoms with Crippen molar-refractivity contribution in [1.29, 1.82) is 0 Å². The van der Waals surface area contributed by atoms with Crippen LogP contribution in [0.4, 0.5) is 15.8 Å². The smallest absolute Gasteiger partial charge is 0.127 e. The maximum Gasteiger partial charge on any atom is 0.127 e. The van der Waals surface area contributed by atoms with Crippen molar-refractivity contribution in [2.45, 2.75) is 44.2 Å². The quantitative estimate of drug-likeness (QED) is 0.548. The monoisotopic (exact) mass is 238 g/mol. The van der Waals surface area contributed by atoms with E-state index < -0.39 is 0 Å². The van der Waals surface area contributed by atoms with Crippen LogP contribution in [0.1, 0.15) is 32.1 Å². The first kappa shape index (κ1) is 12.2. The number of hydrogen-bond acceptors (Lipinski definition) is 3. The molecule has 4 heteroatoms. The number of benzene rings is 1. The van der Waals surface area contributed by atoms with Gasteiger partial charge in [0.05, 0.1) is 12.1 Å². The lowest BCUT2D eigenvalue weighted by atomic mass is 10.1. The zero-order chi connectivity index (χ0) is 12.3. The molecule has 2 atom stereocenters. The van der Waals surface area contributed by atoms with Crippen molar-refractivity contribution in [3.05, 3.63) is 24.0 Å². The predicted octanol–water partition coefficient (Wildman–Crippen LogP) is 2.51. The summed E-state index contributed by atoms with van der Waals surface area (Å²) in [6.45, 7) is 0. The molecule has 1 fully saturated rings. The van der Waals surface area contributed by atoms with Crippen molar-refractivity contribution in [3.8, 4) is 0 Å². The second-order valence-electron chi connectivity index (χ2n) is 4.73. The van der Waals surface area contributed by atoms with Crippen LogP contribution in [0.5, 0.6) is 0 Å². The molecule has 2 unspecified atom stereocenters. The van der Waals surface area contributed by atoms with E-state index in [1.165, 1.54) is 12.1 Å². The highest BCUT2D eigenvalue weighted by atomic mass is 19.1. The van der Waals surface area contributed by atoms with E-state index in [1.807, 2.05) is 0 Å². The van der Waals surface area contributed by atoms with E-state index in [2.05, 4.69) is 5.32 Å². The molecule has 2 rings (SSSR count). The Hall–Kier alpha value is -1.29. The molecule has 0 bridgehead atoms. The van der Waals surface area contributed by atoms with Gasteiger partial charge in [0.15, 0.2) is 0 Å². The summed E-state index contributed by atoms with van der Waals surface area (Å²) in [5, 5.41) is 13.1. The van der Waals surface area contributed by atoms with Crippen molar-refractivity contribution in [2.75, 3.05) is 11.1 Å². The van der Waals surface area contributed by atoms with E-state index in [-0.39, 0.29) is 18.0 Å². The maximum absolute atomic E-state index is 13.2. The highest BCUT2D eigenvalue weighted by molar-refractivity contribution is 5.55. The Kier molecular flexibility index (Phi) is 3.84. The zero-order valence-electron chi connectivity index (χ0n) is 9.82. The van der Waals surface area contributed by atoms with Crippen LogP contribution in [0.3, 0.4) is 0 Å². The molecular formula is C13H19FN2O. The van der Waals surface area contributed by atoms with Gasteiger partial charge < -0.3 is 16.2 Å². The molecule has 0 spiro atoms. The van der Waals surface area contributed by atoms with E-state index >= 15 is 0 Å². The van der Waals surface area contributed by atoms with E-state index in [0.29, 0.717) is 11.4 Å². The molecular weight excluding hydrogens is 219 g/mol. The largest absolute Gasteiger partial charge is 0.399 e. The van der Waals surface area contributed by atoms with Crippen LogP contribution in [0.15, 0.2) is 18.2 Å². The second-order valence-corrected chi connectivity index (χ2v) is 4.73. The van der Waals surface area contributed by atoms with Crippen LogP contribution in [0.25, 0.3) is 0 Å². The Labute approximate surface area is 101 Å². The first-order valence-electron chi connectivity index (χ1n) is 6.16. The molecule has 0 saturated heterocycles. The molecule has 4 N–H and O–H groups in total. The minimum absolute atomic E-state index is 0.00120. The van der Waals surface area contributed by atoms with Crippen LogP contribution >= 0.6 is 0 Å². The molecule has 0 amide bonds. The van der Waals surface area contributed by atoms with Crippen molar-refractivity contribution in [2.24, 2.45) is 0 Å². The lowest BCUT2D eigenvalue weighted by Gasteiger charge is -2.23. The zero-order valence-corrected chi connectivity index (χ0v) is 9.82. The Morgan fingerprint density at radius 3 is 2.71 bits per heavy atom. The highest BCUT2D eigenvalue weighted by Crippen LogP contribution is 2.23. The van der Waals surface area contributed by atoms with E-state index in [9.17, 15) is 9.50 Å². The number of hydrogen-bond donors (Lipinski definition) is 3.